The lowest BCUT2D eigenvalue weighted by Gasteiger charge is -2.32. The van der Waals surface area contributed by atoms with Crippen LogP contribution in [0.3, 0.4) is 0 Å². The molecular weight excluding hydrogens is 383 g/mol. The van der Waals surface area contributed by atoms with E-state index in [0.717, 1.165) is 43.2 Å². The van der Waals surface area contributed by atoms with E-state index in [1.54, 1.807) is 13.2 Å². The zero-order valence-electron chi connectivity index (χ0n) is 16.7. The first kappa shape index (κ1) is 19.8. The fourth-order valence-corrected chi connectivity index (χ4v) is 3.62. The lowest BCUT2D eigenvalue weighted by atomic mass is 9.95. The first-order valence-electron chi connectivity index (χ1n) is 9.90. The Morgan fingerprint density at radius 2 is 1.87 bits per heavy atom. The Balaban J connectivity index is 1.37. The number of rotatable bonds is 5. The van der Waals surface area contributed by atoms with Gasteiger partial charge in [0, 0.05) is 36.3 Å². The third kappa shape index (κ3) is 4.56. The van der Waals surface area contributed by atoms with Gasteiger partial charge in [-0.25, -0.2) is 14.4 Å². The molecule has 2 heterocycles. The summed E-state index contributed by atoms with van der Waals surface area (Å²) in [5.74, 6) is 1.23. The van der Waals surface area contributed by atoms with E-state index in [4.69, 9.17) is 4.74 Å². The molecule has 1 fully saturated rings. The number of ether oxygens (including phenoxy) is 1. The van der Waals surface area contributed by atoms with E-state index in [0.29, 0.717) is 11.3 Å². The van der Waals surface area contributed by atoms with Crippen molar-refractivity contribution in [2.75, 3.05) is 30.4 Å². The van der Waals surface area contributed by atoms with E-state index in [9.17, 15) is 9.18 Å². The van der Waals surface area contributed by atoms with Crippen molar-refractivity contribution in [1.82, 2.24) is 9.97 Å². The van der Waals surface area contributed by atoms with Gasteiger partial charge in [-0.05, 0) is 49.2 Å². The van der Waals surface area contributed by atoms with Crippen LogP contribution in [0.5, 0.6) is 5.75 Å². The molecule has 6 nitrogen and oxygen atoms in total. The van der Waals surface area contributed by atoms with Crippen molar-refractivity contribution < 1.29 is 13.9 Å². The van der Waals surface area contributed by atoms with Gasteiger partial charge in [0.25, 0.3) is 0 Å². The Hall–Kier alpha value is -3.48. The van der Waals surface area contributed by atoms with Crippen molar-refractivity contribution in [3.63, 3.8) is 0 Å². The quantitative estimate of drug-likeness (QED) is 0.690. The van der Waals surface area contributed by atoms with E-state index in [-0.39, 0.29) is 17.6 Å². The molecule has 1 N–H and O–H groups in total. The lowest BCUT2D eigenvalue weighted by Crippen LogP contribution is -2.38. The van der Waals surface area contributed by atoms with Gasteiger partial charge in [0.1, 0.15) is 23.7 Å². The van der Waals surface area contributed by atoms with Crippen molar-refractivity contribution in [3.05, 3.63) is 66.7 Å². The summed E-state index contributed by atoms with van der Waals surface area (Å²) in [6.07, 6.45) is 2.97. The molecule has 0 atom stereocenters. The van der Waals surface area contributed by atoms with Gasteiger partial charge in [-0.15, -0.1) is 0 Å². The van der Waals surface area contributed by atoms with Gasteiger partial charge >= 0.3 is 0 Å². The molecule has 1 aromatic heterocycles. The number of hydrogen-bond acceptors (Lipinski definition) is 5. The highest BCUT2D eigenvalue weighted by Gasteiger charge is 2.26. The first-order chi connectivity index (χ1) is 14.6. The SMILES string of the molecule is COc1ccc(NC(=O)C2CCN(c3cc(-c4cccc(F)c4)ncn3)CC2)cc1. The zero-order valence-corrected chi connectivity index (χ0v) is 16.7. The third-order valence-electron chi connectivity index (χ3n) is 5.32. The minimum absolute atomic E-state index is 0.0305. The summed E-state index contributed by atoms with van der Waals surface area (Å²) in [6, 6.07) is 15.5. The highest BCUT2D eigenvalue weighted by Crippen LogP contribution is 2.26. The van der Waals surface area contributed by atoms with Crippen LogP contribution in [0.2, 0.25) is 0 Å². The fraction of sp³-hybridized carbons (Fsp3) is 0.261. The molecule has 1 saturated heterocycles. The second-order valence-corrected chi connectivity index (χ2v) is 7.25. The van der Waals surface area contributed by atoms with Crippen LogP contribution in [0, 0.1) is 11.7 Å². The fourth-order valence-electron chi connectivity index (χ4n) is 3.62. The van der Waals surface area contributed by atoms with Crippen LogP contribution in [-0.4, -0.2) is 36.1 Å². The monoisotopic (exact) mass is 406 g/mol. The molecule has 1 aliphatic rings. The number of piperidine rings is 1. The van der Waals surface area contributed by atoms with Crippen LogP contribution in [0.25, 0.3) is 11.3 Å². The van der Waals surface area contributed by atoms with Gasteiger partial charge in [0.2, 0.25) is 5.91 Å². The zero-order chi connectivity index (χ0) is 20.9. The number of nitrogens with zero attached hydrogens (tertiary/aromatic N) is 3. The van der Waals surface area contributed by atoms with Gasteiger partial charge < -0.3 is 15.0 Å². The number of anilines is 2. The summed E-state index contributed by atoms with van der Waals surface area (Å²) >= 11 is 0. The minimum atomic E-state index is -0.295. The molecule has 0 aliphatic carbocycles. The molecule has 0 unspecified atom stereocenters. The van der Waals surface area contributed by atoms with Gasteiger partial charge in [-0.3, -0.25) is 4.79 Å². The highest BCUT2D eigenvalue weighted by molar-refractivity contribution is 5.92. The average Bonchev–Trinajstić information content (AvgIpc) is 2.80. The number of nitrogens with one attached hydrogen (secondary N) is 1. The summed E-state index contributed by atoms with van der Waals surface area (Å²) in [5.41, 5.74) is 2.16. The standard InChI is InChI=1S/C23H23FN4O2/c1-30-20-7-5-19(6-8-20)27-23(29)16-9-11-28(12-10-16)22-14-21(25-15-26-22)17-3-2-4-18(24)13-17/h2-8,13-16H,9-12H2,1H3,(H,27,29). The number of carbonyl (C=O) groups excluding carboxylic acids is 1. The van der Waals surface area contributed by atoms with Crippen molar-refractivity contribution in [3.8, 4) is 17.0 Å². The smallest absolute Gasteiger partial charge is 0.227 e. The van der Waals surface area contributed by atoms with Crippen LogP contribution >= 0.6 is 0 Å². The lowest BCUT2D eigenvalue weighted by molar-refractivity contribution is -0.120. The second-order valence-electron chi connectivity index (χ2n) is 7.25. The molecule has 4 rings (SSSR count). The van der Waals surface area contributed by atoms with Crippen molar-refractivity contribution in [1.29, 1.82) is 0 Å². The molecule has 0 spiro atoms. The highest BCUT2D eigenvalue weighted by atomic mass is 19.1. The molecule has 1 amide bonds. The maximum absolute atomic E-state index is 13.5. The Bertz CT molecular complexity index is 1020. The minimum Gasteiger partial charge on any atom is -0.497 e. The molecule has 0 bridgehead atoms. The molecule has 3 aromatic rings. The number of hydrogen-bond donors (Lipinski definition) is 1. The largest absolute Gasteiger partial charge is 0.497 e. The van der Waals surface area contributed by atoms with Crippen LogP contribution < -0.4 is 15.0 Å². The third-order valence-corrected chi connectivity index (χ3v) is 5.32. The van der Waals surface area contributed by atoms with E-state index >= 15 is 0 Å². The van der Waals surface area contributed by atoms with Crippen LogP contribution in [0.4, 0.5) is 15.9 Å². The maximum Gasteiger partial charge on any atom is 0.227 e. The van der Waals surface area contributed by atoms with Crippen LogP contribution in [-0.2, 0) is 4.79 Å². The molecule has 1 aliphatic heterocycles. The predicted octanol–water partition coefficient (Wildman–Crippen LogP) is 4.15. The van der Waals surface area contributed by atoms with E-state index in [1.165, 1.54) is 18.5 Å². The Morgan fingerprint density at radius 1 is 1.10 bits per heavy atom. The van der Waals surface area contributed by atoms with Gasteiger partial charge in [-0.2, -0.15) is 0 Å². The van der Waals surface area contributed by atoms with Gasteiger partial charge in [0.05, 0.1) is 12.8 Å². The number of methoxy groups -OCH3 is 1. The molecule has 2 aromatic carbocycles. The summed E-state index contributed by atoms with van der Waals surface area (Å²) < 4.78 is 18.7. The normalized spacial score (nSPS) is 14.4. The number of aromatic nitrogens is 2. The van der Waals surface area contributed by atoms with E-state index in [1.807, 2.05) is 36.4 Å². The maximum atomic E-state index is 13.5. The Morgan fingerprint density at radius 3 is 2.57 bits per heavy atom. The number of amides is 1. The summed E-state index contributed by atoms with van der Waals surface area (Å²) in [6.45, 7) is 1.45. The number of carbonyl (C=O) groups is 1. The molecule has 0 saturated carbocycles. The van der Waals surface area contributed by atoms with Crippen molar-refractivity contribution >= 4 is 17.4 Å². The predicted molar refractivity (Wildman–Crippen MR) is 114 cm³/mol. The Labute approximate surface area is 174 Å². The summed E-state index contributed by atoms with van der Waals surface area (Å²) in [4.78, 5) is 23.4. The van der Waals surface area contributed by atoms with Gasteiger partial charge in [0.15, 0.2) is 0 Å². The Kier molecular flexibility index (Phi) is 5.88. The number of halogens is 1. The molecule has 30 heavy (non-hydrogen) atoms. The van der Waals surface area contributed by atoms with Crippen LogP contribution in [0.1, 0.15) is 12.8 Å². The second kappa shape index (κ2) is 8.90. The van der Waals surface area contributed by atoms with E-state index < -0.39 is 0 Å². The molecule has 7 heteroatoms. The molecule has 154 valence electrons. The topological polar surface area (TPSA) is 67.3 Å². The van der Waals surface area contributed by atoms with Crippen LogP contribution in [0.15, 0.2) is 60.9 Å². The van der Waals surface area contributed by atoms with E-state index in [2.05, 4.69) is 20.2 Å². The molecule has 0 radical (unpaired) electrons. The van der Waals surface area contributed by atoms with Crippen molar-refractivity contribution in [2.45, 2.75) is 12.8 Å². The first-order valence-corrected chi connectivity index (χ1v) is 9.90. The van der Waals surface area contributed by atoms with Crippen molar-refractivity contribution in [2.24, 2.45) is 5.92 Å². The van der Waals surface area contributed by atoms with Gasteiger partial charge in [-0.1, -0.05) is 12.1 Å². The average molecular weight is 406 g/mol. The summed E-state index contributed by atoms with van der Waals surface area (Å²) in [5, 5.41) is 2.98. The summed E-state index contributed by atoms with van der Waals surface area (Å²) in [7, 11) is 1.61. The number of benzene rings is 2. The molecular formula is C23H23FN4O2.